The highest BCUT2D eigenvalue weighted by Crippen LogP contribution is 2.35. The van der Waals surface area contributed by atoms with E-state index in [9.17, 15) is 9.90 Å². The molecule has 0 amide bonds. The van der Waals surface area contributed by atoms with E-state index in [2.05, 4.69) is 0 Å². The fourth-order valence-electron chi connectivity index (χ4n) is 1.55. The molecule has 5 nitrogen and oxygen atoms in total. The van der Waals surface area contributed by atoms with Gasteiger partial charge in [0.1, 0.15) is 11.5 Å². The minimum absolute atomic E-state index is 0.162. The van der Waals surface area contributed by atoms with E-state index in [-0.39, 0.29) is 5.56 Å². The summed E-state index contributed by atoms with van der Waals surface area (Å²) in [6.45, 7) is 3.00. The highest BCUT2D eigenvalue weighted by Gasteiger charge is 2.35. The van der Waals surface area contributed by atoms with Crippen molar-refractivity contribution in [1.29, 1.82) is 0 Å². The second-order valence-corrected chi connectivity index (χ2v) is 3.90. The van der Waals surface area contributed by atoms with Crippen LogP contribution in [0.1, 0.15) is 18.1 Å². The Kier molecular flexibility index (Phi) is 3.63. The van der Waals surface area contributed by atoms with Crippen LogP contribution in [0.4, 0.5) is 0 Å². The Balaban J connectivity index is 3.45. The quantitative estimate of drug-likeness (QED) is 0.829. The van der Waals surface area contributed by atoms with Gasteiger partial charge in [-0.05, 0) is 31.5 Å². The first-order valence-electron chi connectivity index (χ1n) is 5.03. The van der Waals surface area contributed by atoms with E-state index in [1.54, 1.807) is 13.0 Å². The summed E-state index contributed by atoms with van der Waals surface area (Å²) in [6, 6.07) is 3.11. The van der Waals surface area contributed by atoms with E-state index in [0.717, 1.165) is 5.56 Å². The van der Waals surface area contributed by atoms with E-state index in [1.807, 2.05) is 0 Å². The molecule has 5 heteroatoms. The van der Waals surface area contributed by atoms with E-state index < -0.39 is 11.6 Å². The van der Waals surface area contributed by atoms with Crippen molar-refractivity contribution in [3.05, 3.63) is 23.3 Å². The molecule has 94 valence electrons. The topological polar surface area (TPSA) is 76.0 Å². The normalized spacial score (nSPS) is 13.9. The lowest BCUT2D eigenvalue weighted by Gasteiger charge is -2.22. The van der Waals surface area contributed by atoms with Gasteiger partial charge in [0.2, 0.25) is 0 Å². The molecule has 0 aliphatic carbocycles. The van der Waals surface area contributed by atoms with Gasteiger partial charge in [0.05, 0.1) is 14.2 Å². The smallest absolute Gasteiger partial charge is 0.340 e. The number of aryl methyl sites for hydroxylation is 1. The molecule has 0 bridgehead atoms. The molecule has 1 atom stereocenters. The Morgan fingerprint density at radius 1 is 1.24 bits per heavy atom. The number of rotatable bonds is 4. The average Bonchev–Trinajstić information content (AvgIpc) is 2.27. The fraction of sp³-hybridized carbons (Fsp3) is 0.417. The number of ether oxygens (including phenoxy) is 2. The van der Waals surface area contributed by atoms with Crippen molar-refractivity contribution in [2.45, 2.75) is 19.4 Å². The molecule has 0 spiro atoms. The second-order valence-electron chi connectivity index (χ2n) is 3.90. The Morgan fingerprint density at radius 2 is 1.76 bits per heavy atom. The first-order valence-corrected chi connectivity index (χ1v) is 5.03. The van der Waals surface area contributed by atoms with Gasteiger partial charge in [0, 0.05) is 5.56 Å². The van der Waals surface area contributed by atoms with Crippen LogP contribution >= 0.6 is 0 Å². The van der Waals surface area contributed by atoms with Gasteiger partial charge in [0.15, 0.2) is 5.60 Å². The highest BCUT2D eigenvalue weighted by molar-refractivity contribution is 5.80. The van der Waals surface area contributed by atoms with Gasteiger partial charge in [-0.1, -0.05) is 0 Å². The van der Waals surface area contributed by atoms with Crippen LogP contribution in [0.25, 0.3) is 0 Å². The van der Waals surface area contributed by atoms with Gasteiger partial charge in [-0.25, -0.2) is 4.79 Å². The molecule has 17 heavy (non-hydrogen) atoms. The standard InChI is InChI=1S/C12H16O5/c1-7-5-10(17-4)8(6-9(7)16-3)12(2,15)11(13)14/h5-6,15H,1-4H3,(H,13,14). The summed E-state index contributed by atoms with van der Waals surface area (Å²) in [4.78, 5) is 11.0. The third-order valence-corrected chi connectivity index (χ3v) is 2.66. The zero-order valence-electron chi connectivity index (χ0n) is 10.3. The lowest BCUT2D eigenvalue weighted by atomic mass is 9.93. The van der Waals surface area contributed by atoms with Crippen LogP contribution in [0, 0.1) is 6.92 Å². The van der Waals surface area contributed by atoms with Crippen LogP contribution in [0.3, 0.4) is 0 Å². The molecule has 0 fully saturated rings. The van der Waals surface area contributed by atoms with Gasteiger partial charge in [-0.15, -0.1) is 0 Å². The van der Waals surface area contributed by atoms with E-state index in [1.165, 1.54) is 27.2 Å². The largest absolute Gasteiger partial charge is 0.496 e. The Labute approximate surface area is 99.6 Å². The van der Waals surface area contributed by atoms with Gasteiger partial charge in [0.25, 0.3) is 0 Å². The molecule has 1 aromatic carbocycles. The Morgan fingerprint density at radius 3 is 2.18 bits per heavy atom. The molecule has 1 aromatic rings. The number of benzene rings is 1. The molecule has 0 saturated heterocycles. The summed E-state index contributed by atoms with van der Waals surface area (Å²) in [6.07, 6.45) is 0. The van der Waals surface area contributed by atoms with Crippen LogP contribution in [0.2, 0.25) is 0 Å². The number of hydrogen-bond donors (Lipinski definition) is 2. The molecule has 0 aliphatic rings. The highest BCUT2D eigenvalue weighted by atomic mass is 16.5. The van der Waals surface area contributed by atoms with Gasteiger partial charge >= 0.3 is 5.97 Å². The summed E-state index contributed by atoms with van der Waals surface area (Å²) in [5.41, 5.74) is -1.06. The SMILES string of the molecule is COc1cc(C(C)(O)C(=O)O)c(OC)cc1C. The third-order valence-electron chi connectivity index (χ3n) is 2.66. The van der Waals surface area contributed by atoms with Crippen LogP contribution < -0.4 is 9.47 Å². The molecule has 0 aromatic heterocycles. The van der Waals surface area contributed by atoms with Crippen molar-refractivity contribution < 1.29 is 24.5 Å². The van der Waals surface area contributed by atoms with E-state index in [4.69, 9.17) is 14.6 Å². The van der Waals surface area contributed by atoms with Crippen LogP contribution in [-0.2, 0) is 10.4 Å². The minimum Gasteiger partial charge on any atom is -0.496 e. The summed E-state index contributed by atoms with van der Waals surface area (Å²) in [7, 11) is 2.90. The number of methoxy groups -OCH3 is 2. The first-order chi connectivity index (χ1) is 7.84. The number of carbonyl (C=O) groups is 1. The molecule has 0 heterocycles. The summed E-state index contributed by atoms with van der Waals surface area (Å²) >= 11 is 0. The number of carboxylic acids is 1. The Bertz CT molecular complexity index is 437. The van der Waals surface area contributed by atoms with Crippen molar-refractivity contribution >= 4 is 5.97 Å². The predicted octanol–water partition coefficient (Wildman–Crippen LogP) is 1.30. The molecule has 1 unspecified atom stereocenters. The van der Waals surface area contributed by atoms with Crippen molar-refractivity contribution in [2.75, 3.05) is 14.2 Å². The molecule has 1 rings (SSSR count). The third kappa shape index (κ3) is 2.34. The Hall–Kier alpha value is -1.75. The number of carboxylic acid groups (broad SMARTS) is 1. The number of hydrogen-bond acceptors (Lipinski definition) is 4. The average molecular weight is 240 g/mol. The number of aliphatic carboxylic acids is 1. The molecule has 2 N–H and O–H groups in total. The zero-order valence-corrected chi connectivity index (χ0v) is 10.3. The maximum absolute atomic E-state index is 11.0. The van der Waals surface area contributed by atoms with Crippen LogP contribution in [0.5, 0.6) is 11.5 Å². The van der Waals surface area contributed by atoms with E-state index >= 15 is 0 Å². The van der Waals surface area contributed by atoms with E-state index in [0.29, 0.717) is 11.5 Å². The maximum atomic E-state index is 11.0. The van der Waals surface area contributed by atoms with Crippen LogP contribution in [-0.4, -0.2) is 30.4 Å². The minimum atomic E-state index is -2.02. The molecule has 0 aliphatic heterocycles. The van der Waals surface area contributed by atoms with Crippen molar-refractivity contribution in [3.8, 4) is 11.5 Å². The van der Waals surface area contributed by atoms with Gasteiger partial charge < -0.3 is 19.7 Å². The van der Waals surface area contributed by atoms with Crippen molar-refractivity contribution in [2.24, 2.45) is 0 Å². The summed E-state index contributed by atoms with van der Waals surface area (Å²) in [5.74, 6) is -0.528. The molecule has 0 radical (unpaired) electrons. The predicted molar refractivity (Wildman–Crippen MR) is 61.5 cm³/mol. The van der Waals surface area contributed by atoms with Gasteiger partial charge in [-0.3, -0.25) is 0 Å². The maximum Gasteiger partial charge on any atom is 0.340 e. The fourth-order valence-corrected chi connectivity index (χ4v) is 1.55. The van der Waals surface area contributed by atoms with Crippen molar-refractivity contribution in [3.63, 3.8) is 0 Å². The molecule has 0 saturated carbocycles. The summed E-state index contributed by atoms with van der Waals surface area (Å²) < 4.78 is 10.2. The van der Waals surface area contributed by atoms with Crippen LogP contribution in [0.15, 0.2) is 12.1 Å². The molecular formula is C12H16O5. The zero-order chi connectivity index (χ0) is 13.2. The first kappa shape index (κ1) is 13.3. The number of aliphatic hydroxyl groups is 1. The lowest BCUT2D eigenvalue weighted by molar-refractivity contribution is -0.157. The monoisotopic (exact) mass is 240 g/mol. The van der Waals surface area contributed by atoms with Gasteiger partial charge in [-0.2, -0.15) is 0 Å². The van der Waals surface area contributed by atoms with Crippen molar-refractivity contribution in [1.82, 2.24) is 0 Å². The lowest BCUT2D eigenvalue weighted by Crippen LogP contribution is -2.32. The summed E-state index contributed by atoms with van der Waals surface area (Å²) in [5, 5.41) is 19.0. The molecular weight excluding hydrogens is 224 g/mol. The second kappa shape index (κ2) is 4.63.